The highest BCUT2D eigenvalue weighted by Crippen LogP contribution is 2.27. The van der Waals surface area contributed by atoms with Gasteiger partial charge >= 0.3 is 12.1 Å². The topological polar surface area (TPSA) is 76.6 Å². The molecule has 3 heterocycles. The van der Waals surface area contributed by atoms with E-state index in [1.807, 2.05) is 9.80 Å². The average Bonchev–Trinajstić information content (AvgIpc) is 2.91. The van der Waals surface area contributed by atoms with Crippen LogP contribution in [0.15, 0.2) is 0 Å². The molecule has 3 aliphatic heterocycles. The first-order valence-electron chi connectivity index (χ1n) is 9.85. The minimum Gasteiger partial charge on any atom is -0.480 e. The van der Waals surface area contributed by atoms with Crippen molar-refractivity contribution in [1.82, 2.24) is 19.6 Å². The Hall–Kier alpha value is -1.38. The molecule has 26 heavy (non-hydrogen) atoms. The first-order valence-corrected chi connectivity index (χ1v) is 9.85. The van der Waals surface area contributed by atoms with Crippen LogP contribution in [0.4, 0.5) is 4.79 Å². The lowest BCUT2D eigenvalue weighted by atomic mass is 9.96. The second kappa shape index (κ2) is 8.54. The molecule has 3 fully saturated rings. The molecule has 2 unspecified atom stereocenters. The Kier molecular flexibility index (Phi) is 6.37. The highest BCUT2D eigenvalue weighted by atomic mass is 16.6. The number of carbonyl (C=O) groups is 2. The molecule has 0 spiro atoms. The second-order valence-corrected chi connectivity index (χ2v) is 7.75. The van der Waals surface area contributed by atoms with Gasteiger partial charge in [-0.3, -0.25) is 14.6 Å². The van der Waals surface area contributed by atoms with Gasteiger partial charge in [0.05, 0.1) is 12.6 Å². The predicted octanol–water partition coefficient (Wildman–Crippen LogP) is 0.587. The molecule has 2 atom stereocenters. The van der Waals surface area contributed by atoms with Crippen LogP contribution in [0, 0.1) is 5.92 Å². The molecule has 8 heteroatoms. The second-order valence-electron chi connectivity index (χ2n) is 7.75. The van der Waals surface area contributed by atoms with Crippen LogP contribution in [-0.4, -0.2) is 108 Å². The molecular formula is C18H32N4O4. The number of aliphatic carboxylic acids is 1. The zero-order valence-corrected chi connectivity index (χ0v) is 16.0. The summed E-state index contributed by atoms with van der Waals surface area (Å²) in [5.74, 6) is -0.238. The number of carboxylic acid groups (broad SMARTS) is 1. The van der Waals surface area contributed by atoms with Crippen molar-refractivity contribution in [3.63, 3.8) is 0 Å². The van der Waals surface area contributed by atoms with E-state index in [1.54, 1.807) is 0 Å². The normalized spacial score (nSPS) is 29.9. The van der Waals surface area contributed by atoms with Gasteiger partial charge in [-0.15, -0.1) is 0 Å². The SMILES string of the molecule is CCN1CCC(CN2C(=O)OC(N3CCN(CC(=O)O)CC3)C2C)CC1. The fourth-order valence-corrected chi connectivity index (χ4v) is 4.34. The van der Waals surface area contributed by atoms with Crippen molar-refractivity contribution < 1.29 is 19.4 Å². The highest BCUT2D eigenvalue weighted by Gasteiger charge is 2.43. The van der Waals surface area contributed by atoms with Crippen molar-refractivity contribution in [3.05, 3.63) is 0 Å². The summed E-state index contributed by atoms with van der Waals surface area (Å²) in [6, 6.07) is 0.0396. The van der Waals surface area contributed by atoms with Crippen LogP contribution in [-0.2, 0) is 9.53 Å². The van der Waals surface area contributed by atoms with E-state index in [-0.39, 0.29) is 24.9 Å². The summed E-state index contributed by atoms with van der Waals surface area (Å²) >= 11 is 0. The van der Waals surface area contributed by atoms with Gasteiger partial charge < -0.3 is 19.6 Å². The van der Waals surface area contributed by atoms with Gasteiger partial charge in [0.25, 0.3) is 0 Å². The number of ether oxygens (including phenoxy) is 1. The molecule has 8 nitrogen and oxygen atoms in total. The van der Waals surface area contributed by atoms with Crippen molar-refractivity contribution in [1.29, 1.82) is 0 Å². The quantitative estimate of drug-likeness (QED) is 0.735. The van der Waals surface area contributed by atoms with Gasteiger partial charge in [0, 0.05) is 32.7 Å². The molecule has 0 bridgehead atoms. The Labute approximate surface area is 155 Å². The molecule has 0 aromatic carbocycles. The Morgan fingerprint density at radius 3 is 2.35 bits per heavy atom. The molecule has 0 aliphatic carbocycles. The Morgan fingerprint density at radius 1 is 1.12 bits per heavy atom. The van der Waals surface area contributed by atoms with E-state index in [2.05, 4.69) is 23.6 Å². The Balaban J connectivity index is 1.49. The maximum atomic E-state index is 12.4. The van der Waals surface area contributed by atoms with Crippen molar-refractivity contribution >= 4 is 12.1 Å². The smallest absolute Gasteiger partial charge is 0.411 e. The number of rotatable bonds is 6. The maximum Gasteiger partial charge on any atom is 0.411 e. The van der Waals surface area contributed by atoms with Gasteiger partial charge in [0.15, 0.2) is 6.23 Å². The third kappa shape index (κ3) is 4.47. The fraction of sp³-hybridized carbons (Fsp3) is 0.889. The summed E-state index contributed by atoms with van der Waals surface area (Å²) in [5.41, 5.74) is 0. The molecule has 0 aromatic rings. The summed E-state index contributed by atoms with van der Waals surface area (Å²) in [6.07, 6.45) is 1.87. The number of carbonyl (C=O) groups excluding carboxylic acids is 1. The first-order chi connectivity index (χ1) is 12.5. The Bertz CT molecular complexity index is 501. The zero-order valence-electron chi connectivity index (χ0n) is 16.0. The van der Waals surface area contributed by atoms with E-state index in [4.69, 9.17) is 9.84 Å². The minimum absolute atomic E-state index is 0.0396. The number of amides is 1. The monoisotopic (exact) mass is 368 g/mol. The summed E-state index contributed by atoms with van der Waals surface area (Å²) in [5, 5.41) is 8.91. The molecular weight excluding hydrogens is 336 g/mol. The van der Waals surface area contributed by atoms with Gasteiger partial charge in [0.2, 0.25) is 0 Å². The lowest BCUT2D eigenvalue weighted by Crippen LogP contribution is -2.54. The highest BCUT2D eigenvalue weighted by molar-refractivity contribution is 5.70. The summed E-state index contributed by atoms with van der Waals surface area (Å²) in [6.45, 7) is 11.3. The summed E-state index contributed by atoms with van der Waals surface area (Å²) in [7, 11) is 0. The first kappa shape index (κ1) is 19.4. The van der Waals surface area contributed by atoms with Crippen LogP contribution in [0.2, 0.25) is 0 Å². The predicted molar refractivity (Wildman–Crippen MR) is 96.9 cm³/mol. The van der Waals surface area contributed by atoms with Crippen molar-refractivity contribution in [3.8, 4) is 0 Å². The van der Waals surface area contributed by atoms with Crippen molar-refractivity contribution in [2.24, 2.45) is 5.92 Å². The standard InChI is InChI=1S/C18H32N4O4/c1-3-19-6-4-15(5-7-19)12-22-14(2)17(26-18(22)25)21-10-8-20(9-11-21)13-16(23)24/h14-15,17H,3-13H2,1-2H3,(H,23,24). The molecule has 1 N–H and O–H groups in total. The number of hydrogen-bond acceptors (Lipinski definition) is 6. The number of carboxylic acids is 1. The van der Waals surface area contributed by atoms with Gasteiger partial charge in [-0.1, -0.05) is 6.92 Å². The maximum absolute atomic E-state index is 12.4. The lowest BCUT2D eigenvalue weighted by Gasteiger charge is -2.38. The van der Waals surface area contributed by atoms with Crippen molar-refractivity contribution in [2.45, 2.75) is 39.0 Å². The van der Waals surface area contributed by atoms with Crippen LogP contribution in [0.25, 0.3) is 0 Å². The molecule has 148 valence electrons. The van der Waals surface area contributed by atoms with E-state index in [0.717, 1.165) is 52.1 Å². The molecule has 3 rings (SSSR count). The van der Waals surface area contributed by atoms with Crippen LogP contribution in [0.3, 0.4) is 0 Å². The third-order valence-electron chi connectivity index (χ3n) is 6.10. The number of nitrogens with zero attached hydrogens (tertiary/aromatic N) is 4. The molecule has 3 aliphatic rings. The summed E-state index contributed by atoms with van der Waals surface area (Å²) < 4.78 is 5.69. The molecule has 0 aromatic heterocycles. The number of hydrogen-bond donors (Lipinski definition) is 1. The van der Waals surface area contributed by atoms with Gasteiger partial charge in [-0.25, -0.2) is 4.79 Å². The van der Waals surface area contributed by atoms with Gasteiger partial charge in [-0.2, -0.15) is 0 Å². The van der Waals surface area contributed by atoms with E-state index in [9.17, 15) is 9.59 Å². The fourth-order valence-electron chi connectivity index (χ4n) is 4.34. The molecule has 1 amide bonds. The molecule has 0 saturated carbocycles. The lowest BCUT2D eigenvalue weighted by molar-refractivity contribution is -0.139. The van der Waals surface area contributed by atoms with Crippen LogP contribution >= 0.6 is 0 Å². The minimum atomic E-state index is -0.792. The van der Waals surface area contributed by atoms with Gasteiger partial charge in [0.1, 0.15) is 0 Å². The largest absolute Gasteiger partial charge is 0.480 e. The number of cyclic esters (lactones) is 1. The van der Waals surface area contributed by atoms with Crippen molar-refractivity contribution in [2.75, 3.05) is 58.9 Å². The van der Waals surface area contributed by atoms with E-state index >= 15 is 0 Å². The van der Waals surface area contributed by atoms with E-state index in [0.29, 0.717) is 19.0 Å². The third-order valence-corrected chi connectivity index (χ3v) is 6.10. The van der Waals surface area contributed by atoms with Gasteiger partial charge in [-0.05, 0) is 45.3 Å². The van der Waals surface area contributed by atoms with E-state index in [1.165, 1.54) is 0 Å². The average molecular weight is 368 g/mol. The van der Waals surface area contributed by atoms with Crippen LogP contribution in [0.5, 0.6) is 0 Å². The number of piperazine rings is 1. The number of likely N-dealkylation sites (tertiary alicyclic amines) is 1. The van der Waals surface area contributed by atoms with Crippen LogP contribution in [0.1, 0.15) is 26.7 Å². The zero-order chi connectivity index (χ0) is 18.7. The Morgan fingerprint density at radius 2 is 1.77 bits per heavy atom. The molecule has 3 saturated heterocycles. The summed E-state index contributed by atoms with van der Waals surface area (Å²) in [4.78, 5) is 31.7. The van der Waals surface area contributed by atoms with E-state index < -0.39 is 5.97 Å². The molecule has 0 radical (unpaired) electrons. The number of piperidine rings is 1. The van der Waals surface area contributed by atoms with Crippen LogP contribution < -0.4 is 0 Å².